The molecule has 0 aliphatic carbocycles. The van der Waals surface area contributed by atoms with E-state index >= 15 is 0 Å². The zero-order valence-electron chi connectivity index (χ0n) is 10.8. The predicted octanol–water partition coefficient (Wildman–Crippen LogP) is 1.81. The van der Waals surface area contributed by atoms with Gasteiger partial charge >= 0.3 is 11.9 Å². The number of benzene rings is 1. The summed E-state index contributed by atoms with van der Waals surface area (Å²) in [7, 11) is 0. The van der Waals surface area contributed by atoms with Gasteiger partial charge in [0.05, 0.1) is 24.3 Å². The van der Waals surface area contributed by atoms with Crippen LogP contribution in [-0.2, 0) is 14.2 Å². The van der Waals surface area contributed by atoms with E-state index in [0.29, 0.717) is 13.2 Å². The summed E-state index contributed by atoms with van der Waals surface area (Å²) in [6.45, 7) is 3.08. The van der Waals surface area contributed by atoms with Crippen LogP contribution >= 0.6 is 0 Å². The van der Waals surface area contributed by atoms with Crippen molar-refractivity contribution in [3.8, 4) is 0 Å². The summed E-state index contributed by atoms with van der Waals surface area (Å²) in [6, 6.07) is 6.48. The van der Waals surface area contributed by atoms with Crippen molar-refractivity contribution in [1.29, 1.82) is 0 Å². The van der Waals surface area contributed by atoms with Crippen LogP contribution in [-0.4, -0.2) is 37.9 Å². The van der Waals surface area contributed by atoms with Crippen molar-refractivity contribution in [1.82, 2.24) is 0 Å². The highest BCUT2D eigenvalue weighted by molar-refractivity contribution is 6.03. The maximum atomic E-state index is 11.9. The normalized spacial score (nSPS) is 16.8. The molecule has 0 amide bonds. The molecule has 0 aromatic heterocycles. The second-order valence-corrected chi connectivity index (χ2v) is 4.24. The molecule has 0 radical (unpaired) electrons. The highest BCUT2D eigenvalue weighted by Crippen LogP contribution is 2.14. The molecule has 102 valence electrons. The van der Waals surface area contributed by atoms with Gasteiger partial charge in [-0.25, -0.2) is 9.59 Å². The summed E-state index contributed by atoms with van der Waals surface area (Å²) in [6.07, 6.45) is 0.736. The van der Waals surface area contributed by atoms with Crippen LogP contribution in [0.5, 0.6) is 0 Å². The highest BCUT2D eigenvalue weighted by Gasteiger charge is 2.26. The third-order valence-electron chi connectivity index (χ3n) is 2.61. The lowest BCUT2D eigenvalue weighted by Crippen LogP contribution is -2.16. The molecular weight excluding hydrogens is 248 g/mol. The van der Waals surface area contributed by atoms with Crippen molar-refractivity contribution in [3.63, 3.8) is 0 Å². The minimum absolute atomic E-state index is 0.00292. The Morgan fingerprint density at radius 2 is 1.79 bits per heavy atom. The molecule has 1 aliphatic rings. The first-order valence-corrected chi connectivity index (χ1v) is 6.27. The zero-order chi connectivity index (χ0) is 13.7. The van der Waals surface area contributed by atoms with Crippen molar-refractivity contribution in [2.45, 2.75) is 19.4 Å². The number of hydrogen-bond donors (Lipinski definition) is 0. The Hall–Kier alpha value is -1.88. The first-order chi connectivity index (χ1) is 9.22. The Morgan fingerprint density at radius 3 is 2.32 bits per heavy atom. The van der Waals surface area contributed by atoms with Gasteiger partial charge in [-0.1, -0.05) is 19.1 Å². The SMILES string of the molecule is CCCOC(=O)c1ccccc1C(=O)OCC1CO1. The van der Waals surface area contributed by atoms with Crippen LogP contribution in [0.25, 0.3) is 0 Å². The van der Waals surface area contributed by atoms with Gasteiger partial charge in [0.15, 0.2) is 0 Å². The molecule has 0 spiro atoms. The van der Waals surface area contributed by atoms with E-state index in [-0.39, 0.29) is 23.8 Å². The first-order valence-electron chi connectivity index (χ1n) is 6.27. The fraction of sp³-hybridized carbons (Fsp3) is 0.429. The molecule has 1 aromatic rings. The third kappa shape index (κ3) is 3.79. The third-order valence-corrected chi connectivity index (χ3v) is 2.61. The van der Waals surface area contributed by atoms with E-state index < -0.39 is 11.9 Å². The van der Waals surface area contributed by atoms with Crippen LogP contribution in [0.1, 0.15) is 34.1 Å². The van der Waals surface area contributed by atoms with E-state index in [9.17, 15) is 9.59 Å². The van der Waals surface area contributed by atoms with Gasteiger partial charge in [0.2, 0.25) is 0 Å². The van der Waals surface area contributed by atoms with Crippen LogP contribution in [0.2, 0.25) is 0 Å². The van der Waals surface area contributed by atoms with Crippen LogP contribution in [0, 0.1) is 0 Å². The topological polar surface area (TPSA) is 65.1 Å². The number of rotatable bonds is 6. The van der Waals surface area contributed by atoms with Crippen molar-refractivity contribution < 1.29 is 23.8 Å². The number of esters is 2. The standard InChI is InChI=1S/C14H16O5/c1-2-7-17-13(15)11-5-3-4-6-12(11)14(16)19-9-10-8-18-10/h3-6,10H,2,7-9H2,1H3. The number of ether oxygens (including phenoxy) is 3. The highest BCUT2D eigenvalue weighted by atomic mass is 16.6. The van der Waals surface area contributed by atoms with E-state index in [0.717, 1.165) is 6.42 Å². The summed E-state index contributed by atoms with van der Waals surface area (Å²) in [5.74, 6) is -1.03. The van der Waals surface area contributed by atoms with Gasteiger partial charge in [-0.05, 0) is 18.6 Å². The minimum Gasteiger partial charge on any atom is -0.462 e. The Labute approximate surface area is 111 Å². The summed E-state index contributed by atoms with van der Waals surface area (Å²) < 4.78 is 15.1. The average molecular weight is 264 g/mol. The second kappa shape index (κ2) is 6.33. The summed E-state index contributed by atoms with van der Waals surface area (Å²) in [5.41, 5.74) is 0.460. The molecule has 0 N–H and O–H groups in total. The van der Waals surface area contributed by atoms with E-state index in [1.165, 1.54) is 0 Å². The molecule has 5 nitrogen and oxygen atoms in total. The Balaban J connectivity index is 2.05. The molecule has 19 heavy (non-hydrogen) atoms. The van der Waals surface area contributed by atoms with E-state index in [1.54, 1.807) is 24.3 Å². The predicted molar refractivity (Wildman–Crippen MR) is 67.0 cm³/mol. The zero-order valence-corrected chi connectivity index (χ0v) is 10.8. The quantitative estimate of drug-likeness (QED) is 0.579. The monoisotopic (exact) mass is 264 g/mol. The van der Waals surface area contributed by atoms with E-state index in [4.69, 9.17) is 14.2 Å². The Kier molecular flexibility index (Phi) is 4.52. The maximum Gasteiger partial charge on any atom is 0.339 e. The molecule has 0 saturated carbocycles. The van der Waals surface area contributed by atoms with Gasteiger partial charge in [0.1, 0.15) is 12.7 Å². The maximum absolute atomic E-state index is 11.9. The fourth-order valence-corrected chi connectivity index (χ4v) is 1.52. The Bertz CT molecular complexity index is 465. The van der Waals surface area contributed by atoms with Crippen LogP contribution in [0.15, 0.2) is 24.3 Å². The van der Waals surface area contributed by atoms with Crippen LogP contribution in [0.4, 0.5) is 0 Å². The number of carbonyl (C=O) groups is 2. The van der Waals surface area contributed by atoms with Gasteiger partial charge in [-0.15, -0.1) is 0 Å². The Morgan fingerprint density at radius 1 is 1.21 bits per heavy atom. The van der Waals surface area contributed by atoms with E-state index in [1.807, 2.05) is 6.92 Å². The fourth-order valence-electron chi connectivity index (χ4n) is 1.52. The van der Waals surface area contributed by atoms with E-state index in [2.05, 4.69) is 0 Å². The van der Waals surface area contributed by atoms with Crippen LogP contribution < -0.4 is 0 Å². The molecule has 5 heteroatoms. The number of hydrogen-bond acceptors (Lipinski definition) is 5. The van der Waals surface area contributed by atoms with Gasteiger partial charge in [-0.3, -0.25) is 0 Å². The molecular formula is C14H16O5. The number of carbonyl (C=O) groups excluding carboxylic acids is 2. The second-order valence-electron chi connectivity index (χ2n) is 4.24. The van der Waals surface area contributed by atoms with Crippen molar-refractivity contribution in [2.75, 3.05) is 19.8 Å². The number of epoxide rings is 1. The molecule has 1 saturated heterocycles. The van der Waals surface area contributed by atoms with Crippen molar-refractivity contribution in [2.24, 2.45) is 0 Å². The average Bonchev–Trinajstić information content (AvgIpc) is 3.26. The molecule has 1 unspecified atom stereocenters. The smallest absolute Gasteiger partial charge is 0.339 e. The van der Waals surface area contributed by atoms with Crippen LogP contribution in [0.3, 0.4) is 0 Å². The minimum atomic E-state index is -0.528. The van der Waals surface area contributed by atoms with Gasteiger partial charge < -0.3 is 14.2 Å². The molecule has 1 fully saturated rings. The largest absolute Gasteiger partial charge is 0.462 e. The molecule has 1 atom stereocenters. The molecule has 1 aromatic carbocycles. The first kappa shape index (κ1) is 13.5. The summed E-state index contributed by atoms with van der Waals surface area (Å²) in [4.78, 5) is 23.7. The van der Waals surface area contributed by atoms with Crippen molar-refractivity contribution in [3.05, 3.63) is 35.4 Å². The lowest BCUT2D eigenvalue weighted by molar-refractivity contribution is 0.0442. The summed E-state index contributed by atoms with van der Waals surface area (Å²) >= 11 is 0. The molecule has 1 heterocycles. The lowest BCUT2D eigenvalue weighted by Gasteiger charge is -2.08. The van der Waals surface area contributed by atoms with Gasteiger partial charge in [0, 0.05) is 0 Å². The summed E-state index contributed by atoms with van der Waals surface area (Å²) in [5, 5.41) is 0. The molecule has 1 aliphatic heterocycles. The lowest BCUT2D eigenvalue weighted by atomic mass is 10.1. The molecule has 0 bridgehead atoms. The van der Waals surface area contributed by atoms with Gasteiger partial charge in [-0.2, -0.15) is 0 Å². The van der Waals surface area contributed by atoms with Crippen molar-refractivity contribution >= 4 is 11.9 Å². The molecule has 2 rings (SSSR count). The van der Waals surface area contributed by atoms with Gasteiger partial charge in [0.25, 0.3) is 0 Å².